The Morgan fingerprint density at radius 2 is 2.17 bits per heavy atom. The van der Waals surface area contributed by atoms with Crippen molar-refractivity contribution < 1.29 is 23.0 Å². The third-order valence-corrected chi connectivity index (χ3v) is 3.58. The summed E-state index contributed by atoms with van der Waals surface area (Å²) in [6, 6.07) is 6.43. The van der Waals surface area contributed by atoms with Gasteiger partial charge in [0.1, 0.15) is 5.75 Å². The number of morpholine rings is 1. The van der Waals surface area contributed by atoms with E-state index in [1.165, 1.54) is 12.1 Å². The van der Waals surface area contributed by atoms with Gasteiger partial charge in [0.2, 0.25) is 5.91 Å². The number of amides is 1. The topological polar surface area (TPSA) is 50.8 Å². The lowest BCUT2D eigenvalue weighted by atomic mass is 10.1. The molecule has 1 aromatic carbocycles. The molecule has 2 rings (SSSR count). The molecule has 128 valence electrons. The highest BCUT2D eigenvalue weighted by Crippen LogP contribution is 2.15. The number of hydrogen-bond donors (Lipinski definition) is 1. The van der Waals surface area contributed by atoms with Crippen LogP contribution in [-0.2, 0) is 16.0 Å². The maximum absolute atomic E-state index is 12.0. The fourth-order valence-electron chi connectivity index (χ4n) is 2.48. The van der Waals surface area contributed by atoms with Crippen molar-refractivity contribution in [2.24, 2.45) is 0 Å². The minimum absolute atomic E-state index is 0.0169. The van der Waals surface area contributed by atoms with Gasteiger partial charge in [-0.2, -0.15) is 8.78 Å². The number of carbonyl (C=O) groups is 1. The highest BCUT2D eigenvalue weighted by molar-refractivity contribution is 5.78. The number of hydrogen-bond acceptors (Lipinski definition) is 4. The van der Waals surface area contributed by atoms with E-state index in [-0.39, 0.29) is 17.8 Å². The molecule has 0 bridgehead atoms. The van der Waals surface area contributed by atoms with Crippen LogP contribution >= 0.6 is 0 Å². The average molecular weight is 328 g/mol. The summed E-state index contributed by atoms with van der Waals surface area (Å²) in [6.07, 6.45) is 0.797. The van der Waals surface area contributed by atoms with Crippen molar-refractivity contribution in [2.75, 3.05) is 32.8 Å². The second kappa shape index (κ2) is 8.79. The molecule has 0 spiro atoms. The van der Waals surface area contributed by atoms with Gasteiger partial charge >= 0.3 is 6.61 Å². The van der Waals surface area contributed by atoms with Crippen molar-refractivity contribution in [3.8, 4) is 5.75 Å². The first kappa shape index (κ1) is 17.6. The minimum Gasteiger partial charge on any atom is -0.435 e. The van der Waals surface area contributed by atoms with Crippen LogP contribution in [0.1, 0.15) is 12.5 Å². The maximum Gasteiger partial charge on any atom is 0.387 e. The van der Waals surface area contributed by atoms with Gasteiger partial charge < -0.3 is 14.8 Å². The number of nitrogens with zero attached hydrogens (tertiary/aromatic N) is 1. The maximum atomic E-state index is 12.0. The molecule has 0 radical (unpaired) electrons. The molecule has 1 heterocycles. The van der Waals surface area contributed by atoms with Crippen LogP contribution in [0.2, 0.25) is 0 Å². The van der Waals surface area contributed by atoms with Gasteiger partial charge in [0.25, 0.3) is 0 Å². The monoisotopic (exact) mass is 328 g/mol. The Hall–Kier alpha value is -1.73. The fourth-order valence-corrected chi connectivity index (χ4v) is 2.48. The molecule has 5 nitrogen and oxygen atoms in total. The van der Waals surface area contributed by atoms with Crippen LogP contribution in [0.3, 0.4) is 0 Å². The molecule has 0 saturated carbocycles. The molecule has 1 aromatic rings. The first-order valence-corrected chi connectivity index (χ1v) is 7.67. The van der Waals surface area contributed by atoms with E-state index >= 15 is 0 Å². The largest absolute Gasteiger partial charge is 0.435 e. The van der Waals surface area contributed by atoms with Gasteiger partial charge in [0.05, 0.1) is 19.3 Å². The summed E-state index contributed by atoms with van der Waals surface area (Å²) in [5.74, 6) is 0.117. The Kier molecular flexibility index (Phi) is 6.73. The first-order chi connectivity index (χ1) is 11.0. The molecular formula is C16H22F2N2O3. The van der Waals surface area contributed by atoms with Gasteiger partial charge in [-0.1, -0.05) is 12.1 Å². The van der Waals surface area contributed by atoms with Crippen molar-refractivity contribution >= 4 is 5.91 Å². The molecule has 0 aliphatic carbocycles. The highest BCUT2D eigenvalue weighted by atomic mass is 19.3. The van der Waals surface area contributed by atoms with Gasteiger partial charge in [0, 0.05) is 19.6 Å². The second-order valence-corrected chi connectivity index (χ2v) is 5.54. The molecule has 1 unspecified atom stereocenters. The molecular weight excluding hydrogens is 306 g/mol. The van der Waals surface area contributed by atoms with E-state index in [1.54, 1.807) is 12.1 Å². The molecule has 0 aromatic heterocycles. The Morgan fingerprint density at radius 3 is 2.83 bits per heavy atom. The van der Waals surface area contributed by atoms with Crippen LogP contribution in [0.15, 0.2) is 24.3 Å². The van der Waals surface area contributed by atoms with E-state index in [0.717, 1.165) is 18.7 Å². The van der Waals surface area contributed by atoms with Crippen LogP contribution in [-0.4, -0.2) is 56.3 Å². The van der Waals surface area contributed by atoms with Crippen LogP contribution in [0.5, 0.6) is 5.75 Å². The predicted octanol–water partition coefficient (Wildman–Crippen LogP) is 1.67. The van der Waals surface area contributed by atoms with Crippen molar-refractivity contribution in [2.45, 2.75) is 26.1 Å². The Bertz CT molecular complexity index is 497. The Labute approximate surface area is 134 Å². The zero-order valence-electron chi connectivity index (χ0n) is 13.1. The molecule has 1 amide bonds. The van der Waals surface area contributed by atoms with E-state index in [2.05, 4.69) is 15.0 Å². The summed E-state index contributed by atoms with van der Waals surface area (Å²) in [7, 11) is 0. The molecule has 1 aliphatic rings. The zero-order chi connectivity index (χ0) is 16.7. The summed E-state index contributed by atoms with van der Waals surface area (Å²) in [6.45, 7) is 2.24. The van der Waals surface area contributed by atoms with Crippen molar-refractivity contribution in [1.82, 2.24) is 10.2 Å². The Balaban J connectivity index is 1.66. The third kappa shape index (κ3) is 6.50. The van der Waals surface area contributed by atoms with E-state index in [9.17, 15) is 13.6 Å². The fraction of sp³-hybridized carbons (Fsp3) is 0.562. The molecule has 1 aliphatic heterocycles. The van der Waals surface area contributed by atoms with Gasteiger partial charge in [-0.25, -0.2) is 0 Å². The lowest BCUT2D eigenvalue weighted by Crippen LogP contribution is -2.46. The normalized spacial score (nSPS) is 18.9. The lowest BCUT2D eigenvalue weighted by Gasteiger charge is -2.30. The average Bonchev–Trinajstić information content (AvgIpc) is 2.48. The van der Waals surface area contributed by atoms with E-state index in [4.69, 9.17) is 4.74 Å². The standard InChI is InChI=1S/C16H22F2N2O3/c1-12-10-20(8-9-22-12)11-15(21)19-7-6-13-2-4-14(5-3-13)23-16(17)18/h2-5,12,16H,6-11H2,1H3,(H,19,21). The number of carbonyl (C=O) groups excluding carboxylic acids is 1. The molecule has 7 heteroatoms. The summed E-state index contributed by atoms with van der Waals surface area (Å²) in [5, 5.41) is 2.87. The number of halogens is 2. The molecule has 1 atom stereocenters. The summed E-state index contributed by atoms with van der Waals surface area (Å²) in [4.78, 5) is 14.0. The summed E-state index contributed by atoms with van der Waals surface area (Å²) < 4.78 is 33.8. The van der Waals surface area contributed by atoms with Crippen LogP contribution in [0.25, 0.3) is 0 Å². The third-order valence-electron chi connectivity index (χ3n) is 3.58. The number of benzene rings is 1. The summed E-state index contributed by atoms with van der Waals surface area (Å²) >= 11 is 0. The van der Waals surface area contributed by atoms with E-state index < -0.39 is 6.61 Å². The van der Waals surface area contributed by atoms with E-state index in [0.29, 0.717) is 26.1 Å². The molecule has 1 fully saturated rings. The van der Waals surface area contributed by atoms with Crippen molar-refractivity contribution in [3.05, 3.63) is 29.8 Å². The van der Waals surface area contributed by atoms with Gasteiger partial charge in [-0.3, -0.25) is 9.69 Å². The minimum atomic E-state index is -2.82. The number of nitrogens with one attached hydrogen (secondary N) is 1. The van der Waals surface area contributed by atoms with Crippen LogP contribution in [0.4, 0.5) is 8.78 Å². The predicted molar refractivity (Wildman–Crippen MR) is 81.6 cm³/mol. The van der Waals surface area contributed by atoms with Crippen LogP contribution in [0, 0.1) is 0 Å². The first-order valence-electron chi connectivity index (χ1n) is 7.67. The SMILES string of the molecule is CC1CN(CC(=O)NCCc2ccc(OC(F)F)cc2)CCO1. The second-order valence-electron chi connectivity index (χ2n) is 5.54. The van der Waals surface area contributed by atoms with Crippen molar-refractivity contribution in [1.29, 1.82) is 0 Å². The highest BCUT2D eigenvalue weighted by Gasteiger charge is 2.18. The molecule has 1 saturated heterocycles. The zero-order valence-corrected chi connectivity index (χ0v) is 13.1. The van der Waals surface area contributed by atoms with Gasteiger partial charge in [-0.15, -0.1) is 0 Å². The smallest absolute Gasteiger partial charge is 0.387 e. The quantitative estimate of drug-likeness (QED) is 0.827. The summed E-state index contributed by atoms with van der Waals surface area (Å²) in [5.41, 5.74) is 0.951. The van der Waals surface area contributed by atoms with Crippen molar-refractivity contribution in [3.63, 3.8) is 0 Å². The lowest BCUT2D eigenvalue weighted by molar-refractivity contribution is -0.124. The Morgan fingerprint density at radius 1 is 1.43 bits per heavy atom. The molecule has 23 heavy (non-hydrogen) atoms. The molecule has 1 N–H and O–H groups in total. The van der Waals surface area contributed by atoms with Gasteiger partial charge in [-0.05, 0) is 31.0 Å². The number of ether oxygens (including phenoxy) is 2. The number of rotatable bonds is 7. The van der Waals surface area contributed by atoms with Crippen LogP contribution < -0.4 is 10.1 Å². The number of alkyl halides is 2. The van der Waals surface area contributed by atoms with Gasteiger partial charge in [0.15, 0.2) is 0 Å². The van der Waals surface area contributed by atoms with E-state index in [1.807, 2.05) is 6.92 Å².